The van der Waals surface area contributed by atoms with Gasteiger partial charge in [0.05, 0.1) is 0 Å². The molecule has 0 N–H and O–H groups in total. The van der Waals surface area contributed by atoms with Crippen molar-refractivity contribution in [1.29, 1.82) is 0 Å². The Morgan fingerprint density at radius 3 is 3.09 bits per heavy atom. The molecule has 1 nitrogen and oxygen atoms in total. The monoisotopic (exact) mass is 260 g/mol. The van der Waals surface area contributed by atoms with Gasteiger partial charge < -0.3 is 4.74 Å². The predicted molar refractivity (Wildman–Crippen MR) is 53.4 cm³/mol. The summed E-state index contributed by atoms with van der Waals surface area (Å²) in [4.78, 5) is 0. The van der Waals surface area contributed by atoms with Crippen LogP contribution in [0.15, 0.2) is 24.3 Å². The number of hydrogen-bond acceptors (Lipinski definition) is 1. The Kier molecular flexibility index (Phi) is 2.02. The standard InChI is InChI=1S/C9H9IO/c10-8-5-7-3-1-2-4-9(7)11-6-8/h1-4,8H,5-6H2. The molecule has 58 valence electrons. The Labute approximate surface area is 79.9 Å². The Morgan fingerprint density at radius 2 is 2.18 bits per heavy atom. The first-order valence-electron chi connectivity index (χ1n) is 3.71. The molecule has 1 unspecified atom stereocenters. The number of halogens is 1. The third-order valence-electron chi connectivity index (χ3n) is 1.83. The van der Waals surface area contributed by atoms with Crippen LogP contribution in [0, 0.1) is 0 Å². The normalized spacial score (nSPS) is 22.1. The molecule has 1 heterocycles. The third kappa shape index (κ3) is 1.50. The van der Waals surface area contributed by atoms with E-state index in [9.17, 15) is 0 Å². The fourth-order valence-electron chi connectivity index (χ4n) is 1.29. The largest absolute Gasteiger partial charge is 0.492 e. The van der Waals surface area contributed by atoms with Crippen molar-refractivity contribution in [3.63, 3.8) is 0 Å². The lowest BCUT2D eigenvalue weighted by atomic mass is 10.1. The van der Waals surface area contributed by atoms with Crippen molar-refractivity contribution in [2.24, 2.45) is 0 Å². The van der Waals surface area contributed by atoms with Crippen LogP contribution in [0.5, 0.6) is 5.75 Å². The molecule has 11 heavy (non-hydrogen) atoms. The smallest absolute Gasteiger partial charge is 0.122 e. The Balaban J connectivity index is 2.34. The fourth-order valence-corrected chi connectivity index (χ4v) is 1.95. The van der Waals surface area contributed by atoms with Gasteiger partial charge in [-0.05, 0) is 18.1 Å². The lowest BCUT2D eigenvalue weighted by Gasteiger charge is -2.20. The van der Waals surface area contributed by atoms with Crippen LogP contribution in [0.3, 0.4) is 0 Å². The maximum Gasteiger partial charge on any atom is 0.122 e. The van der Waals surface area contributed by atoms with E-state index >= 15 is 0 Å². The van der Waals surface area contributed by atoms with Gasteiger partial charge in [0.1, 0.15) is 12.4 Å². The van der Waals surface area contributed by atoms with E-state index in [1.54, 1.807) is 0 Å². The van der Waals surface area contributed by atoms with Gasteiger partial charge in [-0.3, -0.25) is 0 Å². The summed E-state index contributed by atoms with van der Waals surface area (Å²) in [6.45, 7) is 0.859. The molecule has 1 aliphatic heterocycles. The second kappa shape index (κ2) is 3.01. The number of hydrogen-bond donors (Lipinski definition) is 0. The molecule has 1 aromatic carbocycles. The summed E-state index contributed by atoms with van der Waals surface area (Å²) >= 11 is 2.43. The zero-order valence-corrected chi connectivity index (χ0v) is 8.24. The van der Waals surface area contributed by atoms with Crippen molar-refractivity contribution >= 4 is 22.6 Å². The summed E-state index contributed by atoms with van der Waals surface area (Å²) in [7, 11) is 0. The van der Waals surface area contributed by atoms with Gasteiger partial charge in [0.2, 0.25) is 0 Å². The van der Waals surface area contributed by atoms with Gasteiger partial charge in [0.25, 0.3) is 0 Å². The Hall–Kier alpha value is -0.250. The molecule has 1 atom stereocenters. The van der Waals surface area contributed by atoms with E-state index in [1.807, 2.05) is 12.1 Å². The molecule has 0 aliphatic carbocycles. The number of alkyl halides is 1. The van der Waals surface area contributed by atoms with Crippen LogP contribution in [0.2, 0.25) is 0 Å². The number of fused-ring (bicyclic) bond motifs is 1. The molecule has 0 amide bonds. The highest BCUT2D eigenvalue weighted by Crippen LogP contribution is 2.26. The van der Waals surface area contributed by atoms with Crippen LogP contribution in [0.4, 0.5) is 0 Å². The summed E-state index contributed by atoms with van der Waals surface area (Å²) < 4.78 is 6.17. The lowest BCUT2D eigenvalue weighted by molar-refractivity contribution is 0.299. The summed E-state index contributed by atoms with van der Waals surface area (Å²) in [6, 6.07) is 8.27. The molecule has 1 aliphatic rings. The van der Waals surface area contributed by atoms with E-state index in [4.69, 9.17) is 4.74 Å². The summed E-state index contributed by atoms with van der Waals surface area (Å²) in [6.07, 6.45) is 1.15. The van der Waals surface area contributed by atoms with E-state index in [-0.39, 0.29) is 0 Å². The first-order valence-corrected chi connectivity index (χ1v) is 4.95. The van der Waals surface area contributed by atoms with E-state index in [1.165, 1.54) is 5.56 Å². The SMILES string of the molecule is IC1COc2ccccc2C1. The molecular weight excluding hydrogens is 251 g/mol. The van der Waals surface area contributed by atoms with Crippen molar-refractivity contribution in [2.75, 3.05) is 6.61 Å². The topological polar surface area (TPSA) is 9.23 Å². The summed E-state index contributed by atoms with van der Waals surface area (Å²) in [5.74, 6) is 1.07. The average molecular weight is 260 g/mol. The zero-order chi connectivity index (χ0) is 7.68. The highest BCUT2D eigenvalue weighted by molar-refractivity contribution is 14.1. The second-order valence-corrected chi connectivity index (χ2v) is 4.48. The van der Waals surface area contributed by atoms with Crippen LogP contribution in [-0.4, -0.2) is 10.5 Å². The predicted octanol–water partition coefficient (Wildman–Crippen LogP) is 2.43. The molecular formula is C9H9IO. The van der Waals surface area contributed by atoms with E-state index in [2.05, 4.69) is 34.7 Å². The number of para-hydroxylation sites is 1. The van der Waals surface area contributed by atoms with Gasteiger partial charge in [-0.15, -0.1) is 0 Å². The molecule has 0 saturated heterocycles. The van der Waals surface area contributed by atoms with E-state index in [0.29, 0.717) is 3.92 Å². The van der Waals surface area contributed by atoms with Crippen molar-refractivity contribution < 1.29 is 4.74 Å². The highest BCUT2D eigenvalue weighted by atomic mass is 127. The first kappa shape index (κ1) is 7.40. The van der Waals surface area contributed by atoms with Gasteiger partial charge in [0, 0.05) is 3.92 Å². The minimum Gasteiger partial charge on any atom is -0.492 e. The van der Waals surface area contributed by atoms with Crippen LogP contribution in [0.1, 0.15) is 5.56 Å². The van der Waals surface area contributed by atoms with Crippen LogP contribution < -0.4 is 4.74 Å². The van der Waals surface area contributed by atoms with Gasteiger partial charge in [-0.2, -0.15) is 0 Å². The first-order chi connectivity index (χ1) is 5.36. The van der Waals surface area contributed by atoms with Crippen LogP contribution in [-0.2, 0) is 6.42 Å². The highest BCUT2D eigenvalue weighted by Gasteiger charge is 2.15. The molecule has 1 aromatic rings. The van der Waals surface area contributed by atoms with E-state index in [0.717, 1.165) is 18.8 Å². The zero-order valence-electron chi connectivity index (χ0n) is 6.09. The molecule has 0 radical (unpaired) electrons. The second-order valence-electron chi connectivity index (χ2n) is 2.72. The number of rotatable bonds is 0. The van der Waals surface area contributed by atoms with Crippen molar-refractivity contribution in [1.82, 2.24) is 0 Å². The minimum atomic E-state index is 0.641. The third-order valence-corrected chi connectivity index (χ3v) is 2.63. The number of benzene rings is 1. The van der Waals surface area contributed by atoms with Gasteiger partial charge >= 0.3 is 0 Å². The quantitative estimate of drug-likeness (QED) is 0.514. The molecule has 0 fully saturated rings. The van der Waals surface area contributed by atoms with Gasteiger partial charge in [-0.25, -0.2) is 0 Å². The van der Waals surface area contributed by atoms with E-state index < -0.39 is 0 Å². The average Bonchev–Trinajstić information content (AvgIpc) is 2.04. The summed E-state index contributed by atoms with van der Waals surface area (Å²) in [5.41, 5.74) is 1.35. The fraction of sp³-hybridized carbons (Fsp3) is 0.333. The van der Waals surface area contributed by atoms with Crippen LogP contribution in [0.25, 0.3) is 0 Å². The molecule has 0 saturated carbocycles. The number of ether oxygens (including phenoxy) is 1. The molecule has 0 spiro atoms. The van der Waals surface area contributed by atoms with Crippen molar-refractivity contribution in [3.8, 4) is 5.75 Å². The van der Waals surface area contributed by atoms with Crippen LogP contribution >= 0.6 is 22.6 Å². The molecule has 2 rings (SSSR count). The molecule has 0 aromatic heterocycles. The lowest BCUT2D eigenvalue weighted by Crippen LogP contribution is -2.19. The molecule has 2 heteroatoms. The Bertz CT molecular complexity index is 259. The Morgan fingerprint density at radius 1 is 1.36 bits per heavy atom. The maximum absolute atomic E-state index is 5.53. The van der Waals surface area contributed by atoms with Crippen molar-refractivity contribution in [3.05, 3.63) is 29.8 Å². The van der Waals surface area contributed by atoms with Crippen molar-refractivity contribution in [2.45, 2.75) is 10.3 Å². The minimum absolute atomic E-state index is 0.641. The maximum atomic E-state index is 5.53. The van der Waals surface area contributed by atoms with Gasteiger partial charge in [-0.1, -0.05) is 40.8 Å². The van der Waals surface area contributed by atoms with Gasteiger partial charge in [0.15, 0.2) is 0 Å². The molecule has 0 bridgehead atoms. The summed E-state index contributed by atoms with van der Waals surface area (Å²) in [5, 5.41) is 0.